The fourth-order valence-corrected chi connectivity index (χ4v) is 6.52. The zero-order valence-corrected chi connectivity index (χ0v) is 27.7. The van der Waals surface area contributed by atoms with Crippen molar-refractivity contribution in [3.63, 3.8) is 0 Å². The number of hydrogen-bond donors (Lipinski definition) is 2. The fraction of sp³-hybridized carbons (Fsp3) is 0.528. The normalized spacial score (nSPS) is 22.9. The Kier molecular flexibility index (Phi) is 8.41. The van der Waals surface area contributed by atoms with E-state index in [2.05, 4.69) is 16.7 Å². The molecule has 0 bridgehead atoms. The number of hydrogen-bond acceptors (Lipinski definition) is 7. The molecule has 1 saturated heterocycles. The summed E-state index contributed by atoms with van der Waals surface area (Å²) in [7, 11) is 1.55. The van der Waals surface area contributed by atoms with E-state index in [0.717, 1.165) is 31.2 Å². The summed E-state index contributed by atoms with van der Waals surface area (Å²) >= 11 is 0. The molecule has 47 heavy (non-hydrogen) atoms. The number of amides is 4. The first kappa shape index (κ1) is 32.4. The SMILES string of the molecule is C[C@H](NC(=O)c1ccc(OC2CC2)c(OC2CC2)c1)C(=O)N(C)[C@@H](CC(C)(C)C)C(=O)N1C[C@]2(C[C@H]1C#N)C(=O)Nc1ccccc12. The Morgan fingerprint density at radius 1 is 1.09 bits per heavy atom. The van der Waals surface area contributed by atoms with Gasteiger partial charge in [0.05, 0.1) is 23.7 Å². The second-order valence-electron chi connectivity index (χ2n) is 14.6. The standard InChI is InChI=1S/C36H43N5O6/c1-21(38-31(42)22-10-15-29(46-24-11-12-24)30(16-22)47-25-13-14-25)32(43)40(5)28(18-35(2,3)4)33(44)41-20-36(17-23(41)19-37)26-8-6-7-9-27(26)39-34(36)45/h6-10,15-16,21,23-25,28H,11-14,17-18,20H2,1-5H3,(H,38,42)(H,39,45)/t21-,23-,28-,36-/m0/s1. The predicted molar refractivity (Wildman–Crippen MR) is 174 cm³/mol. The monoisotopic (exact) mass is 641 g/mol. The molecular weight excluding hydrogens is 598 g/mol. The maximum absolute atomic E-state index is 14.3. The van der Waals surface area contributed by atoms with Gasteiger partial charge in [-0.2, -0.15) is 5.26 Å². The van der Waals surface area contributed by atoms with Crippen LogP contribution in [0.3, 0.4) is 0 Å². The summed E-state index contributed by atoms with van der Waals surface area (Å²) in [4.78, 5) is 57.7. The molecule has 11 heteroatoms. The molecule has 248 valence electrons. The van der Waals surface area contributed by atoms with Crippen LogP contribution in [-0.4, -0.2) is 77.4 Å². The molecule has 6 rings (SSSR count). The van der Waals surface area contributed by atoms with E-state index >= 15 is 0 Å². The number of benzene rings is 2. The molecule has 2 aliphatic carbocycles. The number of nitriles is 1. The third kappa shape index (κ3) is 6.64. The van der Waals surface area contributed by atoms with Crippen molar-refractivity contribution in [1.82, 2.24) is 15.1 Å². The number of carbonyl (C=O) groups is 4. The van der Waals surface area contributed by atoms with Gasteiger partial charge in [-0.25, -0.2) is 0 Å². The van der Waals surface area contributed by atoms with Crippen LogP contribution in [0.25, 0.3) is 0 Å². The van der Waals surface area contributed by atoms with E-state index in [-0.39, 0.29) is 36.5 Å². The van der Waals surface area contributed by atoms with Gasteiger partial charge in [-0.15, -0.1) is 0 Å². The minimum Gasteiger partial charge on any atom is -0.487 e. The van der Waals surface area contributed by atoms with E-state index < -0.39 is 41.3 Å². The number of rotatable bonds is 10. The summed E-state index contributed by atoms with van der Waals surface area (Å²) in [5, 5.41) is 15.8. The number of nitrogens with zero attached hydrogens (tertiary/aromatic N) is 3. The molecule has 2 heterocycles. The molecule has 2 aromatic rings. The van der Waals surface area contributed by atoms with E-state index in [4.69, 9.17) is 9.47 Å². The molecule has 0 radical (unpaired) electrons. The highest BCUT2D eigenvalue weighted by molar-refractivity contribution is 6.07. The topological polar surface area (TPSA) is 141 Å². The van der Waals surface area contributed by atoms with Gasteiger partial charge in [0, 0.05) is 31.3 Å². The molecule has 11 nitrogen and oxygen atoms in total. The van der Waals surface area contributed by atoms with Crippen molar-refractivity contribution >= 4 is 29.3 Å². The molecule has 4 aliphatic rings. The van der Waals surface area contributed by atoms with Crippen LogP contribution in [0.2, 0.25) is 0 Å². The lowest BCUT2D eigenvalue weighted by atomic mass is 9.80. The number of nitrogens with one attached hydrogen (secondary N) is 2. The van der Waals surface area contributed by atoms with Crippen LogP contribution in [0.15, 0.2) is 42.5 Å². The lowest BCUT2D eigenvalue weighted by Crippen LogP contribution is -2.56. The molecule has 2 aliphatic heterocycles. The summed E-state index contributed by atoms with van der Waals surface area (Å²) in [6, 6.07) is 11.9. The van der Waals surface area contributed by atoms with Crippen molar-refractivity contribution in [2.45, 2.75) is 102 Å². The third-order valence-corrected chi connectivity index (χ3v) is 9.38. The third-order valence-electron chi connectivity index (χ3n) is 9.38. The molecule has 4 atom stereocenters. The van der Waals surface area contributed by atoms with Crippen LogP contribution in [0, 0.1) is 16.7 Å². The Morgan fingerprint density at radius 3 is 2.38 bits per heavy atom. The van der Waals surface area contributed by atoms with Gasteiger partial charge in [0.2, 0.25) is 17.7 Å². The van der Waals surface area contributed by atoms with Gasteiger partial charge in [0.1, 0.15) is 18.1 Å². The zero-order chi connectivity index (χ0) is 33.7. The highest BCUT2D eigenvalue weighted by Gasteiger charge is 2.57. The van der Waals surface area contributed by atoms with Gasteiger partial charge < -0.3 is 29.9 Å². The van der Waals surface area contributed by atoms with Crippen LogP contribution >= 0.6 is 0 Å². The van der Waals surface area contributed by atoms with Crippen molar-refractivity contribution in [2.75, 3.05) is 18.9 Å². The van der Waals surface area contributed by atoms with Crippen LogP contribution in [-0.2, 0) is 19.8 Å². The fourth-order valence-electron chi connectivity index (χ4n) is 6.52. The van der Waals surface area contributed by atoms with E-state index in [1.165, 1.54) is 9.80 Å². The first-order chi connectivity index (χ1) is 22.3. The van der Waals surface area contributed by atoms with Crippen molar-refractivity contribution in [1.29, 1.82) is 5.26 Å². The van der Waals surface area contributed by atoms with Crippen LogP contribution < -0.4 is 20.1 Å². The lowest BCUT2D eigenvalue weighted by Gasteiger charge is -2.36. The largest absolute Gasteiger partial charge is 0.487 e. The van der Waals surface area contributed by atoms with Crippen LogP contribution in [0.4, 0.5) is 5.69 Å². The van der Waals surface area contributed by atoms with Gasteiger partial charge in [-0.05, 0) is 74.3 Å². The number of likely N-dealkylation sites (tertiary alicyclic amines) is 1. The minimum atomic E-state index is -1.04. The van der Waals surface area contributed by atoms with Crippen molar-refractivity contribution < 1.29 is 28.7 Å². The van der Waals surface area contributed by atoms with Gasteiger partial charge in [-0.1, -0.05) is 39.0 Å². The molecule has 4 amide bonds. The number of likely N-dealkylation sites (N-methyl/N-ethyl adjacent to an activating group) is 1. The maximum atomic E-state index is 14.3. The number of carbonyl (C=O) groups excluding carboxylic acids is 4. The second-order valence-corrected chi connectivity index (χ2v) is 14.6. The van der Waals surface area contributed by atoms with E-state index in [0.29, 0.717) is 29.2 Å². The van der Waals surface area contributed by atoms with E-state index in [1.54, 1.807) is 32.2 Å². The van der Waals surface area contributed by atoms with Gasteiger partial charge >= 0.3 is 0 Å². The Morgan fingerprint density at radius 2 is 1.74 bits per heavy atom. The molecule has 2 saturated carbocycles. The second kappa shape index (κ2) is 12.2. The first-order valence-electron chi connectivity index (χ1n) is 16.5. The quantitative estimate of drug-likeness (QED) is 0.397. The Bertz CT molecular complexity index is 1640. The molecule has 2 aromatic carbocycles. The highest BCUT2D eigenvalue weighted by Crippen LogP contribution is 2.46. The van der Waals surface area contributed by atoms with Gasteiger partial charge in [0.25, 0.3) is 5.91 Å². The number of fused-ring (bicyclic) bond motifs is 2. The Hall–Kier alpha value is -4.59. The minimum absolute atomic E-state index is 0.0353. The van der Waals surface area contributed by atoms with E-state index in [1.807, 2.05) is 45.0 Å². The van der Waals surface area contributed by atoms with Crippen molar-refractivity contribution in [2.24, 2.45) is 5.41 Å². The number of ether oxygens (including phenoxy) is 2. The summed E-state index contributed by atoms with van der Waals surface area (Å²) in [6.07, 6.45) is 4.68. The Labute approximate surface area is 275 Å². The molecule has 0 unspecified atom stereocenters. The van der Waals surface area contributed by atoms with Gasteiger partial charge in [-0.3, -0.25) is 19.2 Å². The summed E-state index contributed by atoms with van der Waals surface area (Å²) in [5.74, 6) is -0.401. The average molecular weight is 642 g/mol. The van der Waals surface area contributed by atoms with Crippen molar-refractivity contribution in [3.8, 4) is 17.6 Å². The molecule has 0 aromatic heterocycles. The van der Waals surface area contributed by atoms with E-state index in [9.17, 15) is 24.4 Å². The van der Waals surface area contributed by atoms with Crippen LogP contribution in [0.5, 0.6) is 11.5 Å². The molecule has 1 spiro atoms. The average Bonchev–Trinajstić information content (AvgIpc) is 3.97. The van der Waals surface area contributed by atoms with Gasteiger partial charge in [0.15, 0.2) is 11.5 Å². The smallest absolute Gasteiger partial charge is 0.252 e. The zero-order valence-electron chi connectivity index (χ0n) is 27.7. The van der Waals surface area contributed by atoms with Crippen LogP contribution in [0.1, 0.15) is 82.1 Å². The predicted octanol–water partition coefficient (Wildman–Crippen LogP) is 4.17. The highest BCUT2D eigenvalue weighted by atomic mass is 16.5. The number of anilines is 1. The van der Waals surface area contributed by atoms with Crippen molar-refractivity contribution in [3.05, 3.63) is 53.6 Å². The molecule has 2 N–H and O–H groups in total. The molecular formula is C36H43N5O6. The molecule has 3 fully saturated rings. The summed E-state index contributed by atoms with van der Waals surface area (Å²) in [6.45, 7) is 7.55. The maximum Gasteiger partial charge on any atom is 0.252 e. The lowest BCUT2D eigenvalue weighted by molar-refractivity contribution is -0.146. The summed E-state index contributed by atoms with van der Waals surface area (Å²) in [5.41, 5.74) is 0.391. The first-order valence-corrected chi connectivity index (χ1v) is 16.5. The Balaban J connectivity index is 1.19. The number of para-hydroxylation sites is 1. The summed E-state index contributed by atoms with van der Waals surface area (Å²) < 4.78 is 12.0.